The summed E-state index contributed by atoms with van der Waals surface area (Å²) in [5, 5.41) is 11.7. The number of hydrogen-bond acceptors (Lipinski definition) is 6. The minimum absolute atomic E-state index is 0.193. The highest BCUT2D eigenvalue weighted by atomic mass is 35.5. The molecule has 0 fully saturated rings. The Hall–Kier alpha value is -4.24. The number of aromatic nitrogens is 5. The van der Waals surface area contributed by atoms with Gasteiger partial charge in [-0.15, -0.1) is 5.10 Å². The molecule has 170 valence electrons. The number of carbonyl (C=O) groups is 1. The lowest BCUT2D eigenvalue weighted by molar-refractivity contribution is -0.117. The highest BCUT2D eigenvalue weighted by Gasteiger charge is 2.18. The number of nitrogens with one attached hydrogen (secondary N) is 1. The van der Waals surface area contributed by atoms with Crippen LogP contribution in [0.25, 0.3) is 28.5 Å². The van der Waals surface area contributed by atoms with Crippen LogP contribution in [0.5, 0.6) is 0 Å². The van der Waals surface area contributed by atoms with Gasteiger partial charge in [0, 0.05) is 22.5 Å². The van der Waals surface area contributed by atoms with Gasteiger partial charge in [-0.2, -0.15) is 4.98 Å². The van der Waals surface area contributed by atoms with Crippen LogP contribution in [0.15, 0.2) is 76.2 Å². The lowest BCUT2D eigenvalue weighted by atomic mass is 10.1. The molecule has 0 radical (unpaired) electrons. The van der Waals surface area contributed by atoms with Gasteiger partial charge in [-0.1, -0.05) is 47.9 Å². The van der Waals surface area contributed by atoms with Gasteiger partial charge in [-0.25, -0.2) is 13.9 Å². The fourth-order valence-electron chi connectivity index (χ4n) is 3.59. The van der Waals surface area contributed by atoms with Crippen molar-refractivity contribution >= 4 is 28.8 Å². The Kier molecular flexibility index (Phi) is 5.69. The molecule has 0 saturated carbocycles. The second-order valence-corrected chi connectivity index (χ2v) is 8.03. The summed E-state index contributed by atoms with van der Waals surface area (Å²) in [6.45, 7) is 1.80. The Morgan fingerprint density at radius 1 is 1.12 bits per heavy atom. The highest BCUT2D eigenvalue weighted by molar-refractivity contribution is 6.30. The molecule has 0 spiro atoms. The van der Waals surface area contributed by atoms with Crippen molar-refractivity contribution in [3.8, 4) is 22.8 Å². The molecule has 34 heavy (non-hydrogen) atoms. The molecule has 5 rings (SSSR count). The average Bonchev–Trinajstić information content (AvgIpc) is 3.45. The van der Waals surface area contributed by atoms with Crippen molar-refractivity contribution < 1.29 is 9.32 Å². The second kappa shape index (κ2) is 8.95. The Morgan fingerprint density at radius 2 is 1.97 bits per heavy atom. The molecule has 10 heteroatoms. The van der Waals surface area contributed by atoms with Crippen LogP contribution in [0.3, 0.4) is 0 Å². The fourth-order valence-corrected chi connectivity index (χ4v) is 3.78. The van der Waals surface area contributed by atoms with Gasteiger partial charge < -0.3 is 9.84 Å². The van der Waals surface area contributed by atoms with Gasteiger partial charge in [-0.05, 0) is 48.4 Å². The molecule has 0 unspecified atom stereocenters. The van der Waals surface area contributed by atoms with E-state index < -0.39 is 5.69 Å². The monoisotopic (exact) mass is 474 g/mol. The van der Waals surface area contributed by atoms with E-state index in [1.807, 2.05) is 31.2 Å². The Labute approximate surface area is 198 Å². The zero-order valence-corrected chi connectivity index (χ0v) is 18.9. The number of aryl methyl sites for hydroxylation is 1. The quantitative estimate of drug-likeness (QED) is 0.397. The Balaban J connectivity index is 1.44. The predicted molar refractivity (Wildman–Crippen MR) is 128 cm³/mol. The molecule has 3 aromatic heterocycles. The van der Waals surface area contributed by atoms with Gasteiger partial charge >= 0.3 is 5.69 Å². The summed E-state index contributed by atoms with van der Waals surface area (Å²) < 4.78 is 7.88. The molecule has 0 aliphatic heterocycles. The summed E-state index contributed by atoms with van der Waals surface area (Å²) in [5.41, 5.74) is 2.78. The van der Waals surface area contributed by atoms with Crippen LogP contribution in [-0.4, -0.2) is 30.2 Å². The third kappa shape index (κ3) is 4.20. The number of benzene rings is 2. The van der Waals surface area contributed by atoms with E-state index in [2.05, 4.69) is 20.6 Å². The molecule has 5 aromatic rings. The van der Waals surface area contributed by atoms with E-state index in [0.717, 1.165) is 16.7 Å². The van der Waals surface area contributed by atoms with Gasteiger partial charge in [0.05, 0.1) is 5.56 Å². The van der Waals surface area contributed by atoms with Crippen LogP contribution in [-0.2, 0) is 17.8 Å². The van der Waals surface area contributed by atoms with Crippen LogP contribution in [0.4, 0.5) is 5.69 Å². The van der Waals surface area contributed by atoms with E-state index in [0.29, 0.717) is 33.3 Å². The summed E-state index contributed by atoms with van der Waals surface area (Å²) in [4.78, 5) is 29.9. The fraction of sp³-hybridized carbons (Fsp3) is 0.125. The number of amides is 1. The maximum Gasteiger partial charge on any atom is 0.350 e. The summed E-state index contributed by atoms with van der Waals surface area (Å²) >= 11 is 6.05. The van der Waals surface area contributed by atoms with Crippen LogP contribution in [0.1, 0.15) is 12.5 Å². The van der Waals surface area contributed by atoms with Crippen molar-refractivity contribution in [2.24, 2.45) is 0 Å². The first-order valence-corrected chi connectivity index (χ1v) is 11.0. The first-order chi connectivity index (χ1) is 16.5. The largest absolute Gasteiger partial charge is 0.350 e. The molecule has 2 aromatic carbocycles. The molecule has 3 heterocycles. The maximum atomic E-state index is 12.9. The Morgan fingerprint density at radius 3 is 2.79 bits per heavy atom. The molecule has 0 bridgehead atoms. The van der Waals surface area contributed by atoms with Crippen LogP contribution in [0.2, 0.25) is 5.02 Å². The second-order valence-electron chi connectivity index (χ2n) is 7.59. The molecular weight excluding hydrogens is 456 g/mol. The minimum Gasteiger partial charge on any atom is -0.333 e. The SMILES string of the molecule is CCc1cccc(NC(=O)Cn2nc3c(-c4nc(-c5cccc(Cl)c5)no4)cccn3c2=O)c1. The zero-order chi connectivity index (χ0) is 23.7. The van der Waals surface area contributed by atoms with Crippen molar-refractivity contribution in [2.45, 2.75) is 19.9 Å². The van der Waals surface area contributed by atoms with Crippen molar-refractivity contribution in [1.82, 2.24) is 24.3 Å². The van der Waals surface area contributed by atoms with Gasteiger partial charge in [0.2, 0.25) is 11.7 Å². The van der Waals surface area contributed by atoms with Crippen LogP contribution in [0, 0.1) is 0 Å². The maximum absolute atomic E-state index is 12.9. The van der Waals surface area contributed by atoms with E-state index in [1.54, 1.807) is 42.6 Å². The van der Waals surface area contributed by atoms with Crippen molar-refractivity contribution in [2.75, 3.05) is 5.32 Å². The molecule has 0 aliphatic carbocycles. The summed E-state index contributed by atoms with van der Waals surface area (Å²) in [7, 11) is 0. The normalized spacial score (nSPS) is 11.1. The van der Waals surface area contributed by atoms with Crippen LogP contribution >= 0.6 is 11.6 Å². The van der Waals surface area contributed by atoms with E-state index in [-0.39, 0.29) is 18.3 Å². The molecule has 0 atom stereocenters. The van der Waals surface area contributed by atoms with E-state index >= 15 is 0 Å². The lowest BCUT2D eigenvalue weighted by Crippen LogP contribution is -2.28. The summed E-state index contributed by atoms with van der Waals surface area (Å²) in [5.74, 6) is 0.190. The van der Waals surface area contributed by atoms with E-state index in [4.69, 9.17) is 16.1 Å². The molecule has 1 N–H and O–H groups in total. The molecule has 9 nitrogen and oxygen atoms in total. The number of carbonyl (C=O) groups excluding carboxylic acids is 1. The van der Waals surface area contributed by atoms with Gasteiger partial charge in [0.15, 0.2) is 5.65 Å². The number of halogens is 1. The summed E-state index contributed by atoms with van der Waals surface area (Å²) in [6, 6.07) is 18.0. The smallest absolute Gasteiger partial charge is 0.333 e. The summed E-state index contributed by atoms with van der Waals surface area (Å²) in [6.07, 6.45) is 2.43. The number of nitrogens with zero attached hydrogens (tertiary/aromatic N) is 5. The number of pyridine rings is 1. The van der Waals surface area contributed by atoms with Crippen molar-refractivity contribution in [3.63, 3.8) is 0 Å². The van der Waals surface area contributed by atoms with Crippen LogP contribution < -0.4 is 11.0 Å². The number of hydrogen-bond donors (Lipinski definition) is 1. The standard InChI is InChI=1S/C24H19ClN6O3/c1-2-15-6-3-9-18(12-15)26-20(32)14-31-24(33)30-11-5-10-19(22(30)28-31)23-27-21(29-34-23)16-7-4-8-17(25)13-16/h3-13H,2,14H2,1H3,(H,26,32). The third-order valence-electron chi connectivity index (χ3n) is 5.26. The molecule has 1 amide bonds. The van der Waals surface area contributed by atoms with Gasteiger partial charge in [0.25, 0.3) is 5.89 Å². The zero-order valence-electron chi connectivity index (χ0n) is 18.1. The highest BCUT2D eigenvalue weighted by Crippen LogP contribution is 2.25. The average molecular weight is 475 g/mol. The molecular formula is C24H19ClN6O3. The van der Waals surface area contributed by atoms with Gasteiger partial charge in [-0.3, -0.25) is 4.79 Å². The van der Waals surface area contributed by atoms with E-state index in [1.165, 1.54) is 4.40 Å². The Bertz CT molecular complexity index is 1570. The molecule has 0 aliphatic rings. The third-order valence-corrected chi connectivity index (χ3v) is 5.50. The number of anilines is 1. The van der Waals surface area contributed by atoms with Crippen molar-refractivity contribution in [3.05, 3.63) is 87.9 Å². The first-order valence-electron chi connectivity index (χ1n) is 10.6. The van der Waals surface area contributed by atoms with E-state index in [9.17, 15) is 9.59 Å². The van der Waals surface area contributed by atoms with Crippen molar-refractivity contribution in [1.29, 1.82) is 0 Å². The number of fused-ring (bicyclic) bond motifs is 1. The first kappa shape index (κ1) is 21.6. The van der Waals surface area contributed by atoms with Gasteiger partial charge in [0.1, 0.15) is 6.54 Å². The topological polar surface area (TPSA) is 107 Å². The molecule has 0 saturated heterocycles. The predicted octanol–water partition coefficient (Wildman–Crippen LogP) is 4.07. The lowest BCUT2D eigenvalue weighted by Gasteiger charge is -2.06. The minimum atomic E-state index is -0.455. The number of rotatable bonds is 6.